The van der Waals surface area contributed by atoms with Crippen LogP contribution in [0.2, 0.25) is 0 Å². The number of hydrogen-bond acceptors (Lipinski definition) is 2. The van der Waals surface area contributed by atoms with E-state index in [9.17, 15) is 22.8 Å². The van der Waals surface area contributed by atoms with Gasteiger partial charge in [-0.2, -0.15) is 13.2 Å². The van der Waals surface area contributed by atoms with Crippen molar-refractivity contribution < 1.29 is 22.8 Å². The molecule has 0 aliphatic heterocycles. The van der Waals surface area contributed by atoms with Gasteiger partial charge in [0, 0.05) is 13.0 Å². The van der Waals surface area contributed by atoms with Crippen LogP contribution in [0.1, 0.15) is 24.8 Å². The maximum absolute atomic E-state index is 12.9. The average molecular weight is 340 g/mol. The summed E-state index contributed by atoms with van der Waals surface area (Å²) in [6.07, 6.45) is 1.54. The lowest BCUT2D eigenvalue weighted by molar-refractivity contribution is -0.138. The highest BCUT2D eigenvalue weighted by molar-refractivity contribution is 5.95. The molecule has 0 aromatic heterocycles. The molecular formula is C17H19F3N2O2. The molecule has 1 aromatic rings. The topological polar surface area (TPSA) is 49.4 Å². The van der Waals surface area contributed by atoms with Gasteiger partial charge in [0.1, 0.15) is 0 Å². The summed E-state index contributed by atoms with van der Waals surface area (Å²) in [7, 11) is 1.48. The van der Waals surface area contributed by atoms with Crippen LogP contribution < -0.4 is 5.32 Å². The number of alkyl halides is 3. The van der Waals surface area contributed by atoms with Crippen LogP contribution >= 0.6 is 0 Å². The molecule has 0 heterocycles. The minimum absolute atomic E-state index is 0.168. The van der Waals surface area contributed by atoms with Gasteiger partial charge in [0.15, 0.2) is 0 Å². The summed E-state index contributed by atoms with van der Waals surface area (Å²) >= 11 is 0. The predicted molar refractivity (Wildman–Crippen MR) is 84.2 cm³/mol. The molecule has 130 valence electrons. The van der Waals surface area contributed by atoms with Gasteiger partial charge in [-0.15, -0.1) is 0 Å². The molecule has 2 amide bonds. The van der Waals surface area contributed by atoms with Gasteiger partial charge in [0.05, 0.1) is 17.8 Å². The van der Waals surface area contributed by atoms with Crippen LogP contribution in [0.15, 0.2) is 36.4 Å². The predicted octanol–water partition coefficient (Wildman–Crippen LogP) is 3.46. The highest BCUT2D eigenvalue weighted by atomic mass is 19.4. The Balaban J connectivity index is 1.98. The van der Waals surface area contributed by atoms with Crippen LogP contribution in [0.4, 0.5) is 18.9 Å². The lowest BCUT2D eigenvalue weighted by Crippen LogP contribution is -2.39. The number of nitrogens with zero attached hydrogens (tertiary/aromatic N) is 1. The third-order valence-corrected chi connectivity index (χ3v) is 3.88. The zero-order valence-electron chi connectivity index (χ0n) is 13.3. The zero-order valence-corrected chi connectivity index (χ0v) is 13.3. The Hall–Kier alpha value is -2.31. The summed E-state index contributed by atoms with van der Waals surface area (Å²) < 4.78 is 38.7. The molecule has 1 atom stereocenters. The van der Waals surface area contributed by atoms with Crippen molar-refractivity contribution in [1.29, 1.82) is 0 Å². The van der Waals surface area contributed by atoms with E-state index in [0.29, 0.717) is 6.42 Å². The molecule has 1 N–H and O–H groups in total. The van der Waals surface area contributed by atoms with Gasteiger partial charge in [-0.3, -0.25) is 9.59 Å². The Morgan fingerprint density at radius 2 is 1.96 bits per heavy atom. The van der Waals surface area contributed by atoms with Crippen molar-refractivity contribution in [2.75, 3.05) is 18.9 Å². The summed E-state index contributed by atoms with van der Waals surface area (Å²) in [5.74, 6) is -0.997. The molecule has 1 aliphatic rings. The summed E-state index contributed by atoms with van der Waals surface area (Å²) in [4.78, 5) is 25.5. The highest BCUT2D eigenvalue weighted by Crippen LogP contribution is 2.34. The molecule has 0 fully saturated rings. The number of nitrogens with one attached hydrogen (secondary N) is 1. The van der Waals surface area contributed by atoms with E-state index in [4.69, 9.17) is 0 Å². The highest BCUT2D eigenvalue weighted by Gasteiger charge is 2.33. The number of amides is 2. The lowest BCUT2D eigenvalue weighted by atomic mass is 9.93. The Labute approximate surface area is 138 Å². The van der Waals surface area contributed by atoms with E-state index >= 15 is 0 Å². The second-order valence-corrected chi connectivity index (χ2v) is 5.77. The number of benzene rings is 1. The SMILES string of the molecule is CN(CC(=O)Nc1ccccc1C(F)(F)F)C(=O)[C@H]1CC=CCC1. The van der Waals surface area contributed by atoms with E-state index in [1.165, 1.54) is 30.1 Å². The summed E-state index contributed by atoms with van der Waals surface area (Å²) in [6, 6.07) is 4.76. The summed E-state index contributed by atoms with van der Waals surface area (Å²) in [5.41, 5.74) is -1.22. The summed E-state index contributed by atoms with van der Waals surface area (Å²) in [6.45, 7) is -0.286. The number of likely N-dealkylation sites (N-methyl/N-ethyl adjacent to an activating group) is 1. The monoisotopic (exact) mass is 340 g/mol. The average Bonchev–Trinajstić information content (AvgIpc) is 2.54. The number of halogens is 3. The van der Waals surface area contributed by atoms with Gasteiger partial charge in [-0.05, 0) is 31.4 Å². The molecule has 4 nitrogen and oxygen atoms in total. The first kappa shape index (κ1) is 18.0. The van der Waals surface area contributed by atoms with E-state index in [1.807, 2.05) is 12.2 Å². The minimum atomic E-state index is -4.56. The number of anilines is 1. The van der Waals surface area contributed by atoms with Crippen LogP contribution in [0, 0.1) is 5.92 Å². The first-order chi connectivity index (χ1) is 11.3. The zero-order chi connectivity index (χ0) is 17.7. The Bertz CT molecular complexity index is 641. The first-order valence-electron chi connectivity index (χ1n) is 7.65. The van der Waals surface area contributed by atoms with Crippen LogP contribution in [0.5, 0.6) is 0 Å². The molecule has 7 heteroatoms. The first-order valence-corrected chi connectivity index (χ1v) is 7.65. The molecule has 1 aliphatic carbocycles. The van der Waals surface area contributed by atoms with Crippen LogP contribution in [0.3, 0.4) is 0 Å². The van der Waals surface area contributed by atoms with Crippen molar-refractivity contribution in [2.45, 2.75) is 25.4 Å². The number of carbonyl (C=O) groups is 2. The quantitative estimate of drug-likeness (QED) is 0.854. The molecule has 0 spiro atoms. The Morgan fingerprint density at radius 1 is 1.25 bits per heavy atom. The molecule has 1 aromatic carbocycles. The fourth-order valence-corrected chi connectivity index (χ4v) is 2.65. The van der Waals surface area contributed by atoms with Crippen LogP contribution in [-0.2, 0) is 15.8 Å². The van der Waals surface area contributed by atoms with Gasteiger partial charge in [-0.25, -0.2) is 0 Å². The van der Waals surface area contributed by atoms with E-state index in [2.05, 4.69) is 5.32 Å². The fraction of sp³-hybridized carbons (Fsp3) is 0.412. The third-order valence-electron chi connectivity index (χ3n) is 3.88. The van der Waals surface area contributed by atoms with Gasteiger partial charge in [0.25, 0.3) is 0 Å². The van der Waals surface area contributed by atoms with Crippen LogP contribution in [-0.4, -0.2) is 30.3 Å². The lowest BCUT2D eigenvalue weighted by Gasteiger charge is -2.24. The summed E-state index contributed by atoms with van der Waals surface area (Å²) in [5, 5.41) is 2.24. The number of hydrogen-bond donors (Lipinski definition) is 1. The number of allylic oxidation sites excluding steroid dienone is 2. The number of carbonyl (C=O) groups excluding carboxylic acids is 2. The normalized spacial score (nSPS) is 17.4. The molecule has 0 bridgehead atoms. The molecule has 0 unspecified atom stereocenters. The fourth-order valence-electron chi connectivity index (χ4n) is 2.65. The van der Waals surface area contributed by atoms with E-state index in [0.717, 1.165) is 18.9 Å². The molecule has 2 rings (SSSR count). The van der Waals surface area contributed by atoms with Crippen LogP contribution in [0.25, 0.3) is 0 Å². The van der Waals surface area contributed by atoms with E-state index < -0.39 is 17.6 Å². The Morgan fingerprint density at radius 3 is 2.58 bits per heavy atom. The van der Waals surface area contributed by atoms with E-state index in [1.54, 1.807) is 0 Å². The smallest absolute Gasteiger partial charge is 0.336 e. The van der Waals surface area contributed by atoms with E-state index in [-0.39, 0.29) is 24.1 Å². The van der Waals surface area contributed by atoms with Crippen molar-refractivity contribution in [3.8, 4) is 0 Å². The van der Waals surface area contributed by atoms with Gasteiger partial charge in [-0.1, -0.05) is 24.3 Å². The Kier molecular flexibility index (Phi) is 5.64. The largest absolute Gasteiger partial charge is 0.418 e. The number of rotatable bonds is 4. The molecule has 0 saturated carbocycles. The maximum atomic E-state index is 12.9. The van der Waals surface area contributed by atoms with Crippen molar-refractivity contribution in [2.24, 2.45) is 5.92 Å². The molecule has 24 heavy (non-hydrogen) atoms. The number of para-hydroxylation sites is 1. The van der Waals surface area contributed by atoms with Crippen molar-refractivity contribution in [3.05, 3.63) is 42.0 Å². The van der Waals surface area contributed by atoms with Gasteiger partial charge < -0.3 is 10.2 Å². The molecular weight excluding hydrogens is 321 g/mol. The van der Waals surface area contributed by atoms with Gasteiger partial charge >= 0.3 is 6.18 Å². The van der Waals surface area contributed by atoms with Crippen molar-refractivity contribution in [3.63, 3.8) is 0 Å². The molecule has 0 saturated heterocycles. The minimum Gasteiger partial charge on any atom is -0.336 e. The third kappa shape index (κ3) is 4.59. The van der Waals surface area contributed by atoms with Crippen molar-refractivity contribution >= 4 is 17.5 Å². The maximum Gasteiger partial charge on any atom is 0.418 e. The second kappa shape index (κ2) is 7.51. The second-order valence-electron chi connectivity index (χ2n) is 5.77. The van der Waals surface area contributed by atoms with Gasteiger partial charge in [0.2, 0.25) is 11.8 Å². The standard InChI is InChI=1S/C17H19F3N2O2/c1-22(16(24)12-7-3-2-4-8-12)11-15(23)21-14-10-6-5-9-13(14)17(18,19)20/h2-3,5-6,9-10,12H,4,7-8,11H2,1H3,(H,21,23)/t12-/m0/s1. The molecule has 0 radical (unpaired) electrons. The van der Waals surface area contributed by atoms with Crippen molar-refractivity contribution in [1.82, 2.24) is 4.90 Å².